The lowest BCUT2D eigenvalue weighted by Crippen LogP contribution is -2.30. The number of benzene rings is 9. The van der Waals surface area contributed by atoms with Crippen molar-refractivity contribution in [2.75, 3.05) is 4.90 Å². The minimum atomic E-state index is -0.684. The zero-order valence-electron chi connectivity index (χ0n) is 57.8. The zero-order valence-corrected chi connectivity index (χ0v) is 59.4. The lowest BCUT2D eigenvalue weighted by molar-refractivity contribution is -0.124. The van der Waals surface area contributed by atoms with Gasteiger partial charge >= 0.3 is 0 Å². The molecule has 0 bridgehead atoms. The number of nitrogens with zero attached hydrogens (tertiary/aromatic N) is 2. The highest BCUT2D eigenvalue weighted by Crippen LogP contribution is 2.66. The SMILES string of the molecule is CCCCCCc1ccc(C2(c3ccc(CCCCCC)cc3)c3cc4c(cc3-c3sc(-c5ccc(/C=C(/C#N)OC=O)cc5)cc32)C(c2ccc(CCCCCC)cc2)(c2ccc(CCCCCC)cc2)c2cc(-c3ccc(N(c5ccccc5)c5ccccc5)cc3)sc2-4)cc1. The molecule has 0 radical (unpaired) electrons. The van der Waals surface area contributed by atoms with Gasteiger partial charge in [0.15, 0.2) is 0 Å². The van der Waals surface area contributed by atoms with Gasteiger partial charge in [-0.2, -0.15) is 5.26 Å². The summed E-state index contributed by atoms with van der Waals surface area (Å²) in [5.74, 6) is -0.0436. The van der Waals surface area contributed by atoms with Crippen molar-refractivity contribution in [2.45, 2.75) is 167 Å². The number of fused-ring (bicyclic) bond motifs is 6. The van der Waals surface area contributed by atoms with Gasteiger partial charge in [0.05, 0.1) is 10.8 Å². The molecular formula is C92H92N2O2S2. The van der Waals surface area contributed by atoms with Crippen LogP contribution >= 0.6 is 22.7 Å². The molecule has 0 saturated heterocycles. The van der Waals surface area contributed by atoms with E-state index in [1.54, 1.807) is 6.08 Å². The van der Waals surface area contributed by atoms with Gasteiger partial charge in [0.2, 0.25) is 5.76 Å². The lowest BCUT2D eigenvalue weighted by Gasteiger charge is -2.36. The molecule has 11 aromatic rings. The molecule has 2 aromatic heterocycles. The number of rotatable bonds is 32. The Labute approximate surface area is 591 Å². The van der Waals surface area contributed by atoms with Crippen LogP contribution in [0.5, 0.6) is 0 Å². The average Bonchev–Trinajstić information content (AvgIpc) is 1.50. The normalized spacial score (nSPS) is 13.2. The second-order valence-corrected chi connectivity index (χ2v) is 29.3. The largest absolute Gasteiger partial charge is 0.417 e. The van der Waals surface area contributed by atoms with Crippen molar-refractivity contribution in [1.29, 1.82) is 5.26 Å². The predicted molar refractivity (Wildman–Crippen MR) is 414 cm³/mol. The lowest BCUT2D eigenvalue weighted by atomic mass is 9.65. The van der Waals surface area contributed by atoms with Crippen LogP contribution in [0.25, 0.3) is 47.8 Å². The highest BCUT2D eigenvalue weighted by molar-refractivity contribution is 7.19. The Balaban J connectivity index is 1.06. The minimum Gasteiger partial charge on any atom is -0.417 e. The van der Waals surface area contributed by atoms with Gasteiger partial charge in [-0.3, -0.25) is 4.79 Å². The monoisotopic (exact) mass is 1320 g/mol. The fraction of sp³-hybridized carbons (Fsp3) is 0.283. The van der Waals surface area contributed by atoms with Gasteiger partial charge in [-0.05, 0) is 213 Å². The van der Waals surface area contributed by atoms with Crippen molar-refractivity contribution in [3.8, 4) is 47.8 Å². The van der Waals surface area contributed by atoms with Gasteiger partial charge in [0.1, 0.15) is 6.07 Å². The fourth-order valence-electron chi connectivity index (χ4n) is 15.6. The predicted octanol–water partition coefficient (Wildman–Crippen LogP) is 25.9. The quantitative estimate of drug-likeness (QED) is 0.0182. The molecule has 2 aliphatic carbocycles. The van der Waals surface area contributed by atoms with E-state index in [1.807, 2.05) is 40.9 Å². The summed E-state index contributed by atoms with van der Waals surface area (Å²) >= 11 is 3.84. The Kier molecular flexibility index (Phi) is 21.8. The van der Waals surface area contributed by atoms with Crippen LogP contribution in [-0.2, 0) is 46.0 Å². The Hall–Kier alpha value is -9.12. The third-order valence-electron chi connectivity index (χ3n) is 20.8. The maximum Gasteiger partial charge on any atom is 0.299 e. The van der Waals surface area contributed by atoms with Gasteiger partial charge in [0, 0.05) is 36.6 Å². The van der Waals surface area contributed by atoms with Crippen LogP contribution in [0.2, 0.25) is 0 Å². The number of unbranched alkanes of at least 4 members (excludes halogenated alkanes) is 12. The molecule has 98 heavy (non-hydrogen) atoms. The smallest absolute Gasteiger partial charge is 0.299 e. The molecule has 0 fully saturated rings. The Morgan fingerprint density at radius 1 is 0.398 bits per heavy atom. The molecular weight excluding hydrogens is 1230 g/mol. The van der Waals surface area contributed by atoms with Crippen molar-refractivity contribution >= 4 is 52.3 Å². The maximum atomic E-state index is 11.3. The van der Waals surface area contributed by atoms with E-state index in [2.05, 4.69) is 251 Å². The molecule has 0 aliphatic heterocycles. The van der Waals surface area contributed by atoms with Crippen LogP contribution in [0.15, 0.2) is 236 Å². The van der Waals surface area contributed by atoms with Crippen molar-refractivity contribution in [2.24, 2.45) is 0 Å². The number of nitriles is 1. The first-order chi connectivity index (χ1) is 48.3. The summed E-state index contributed by atoms with van der Waals surface area (Å²) in [4.78, 5) is 18.7. The number of aryl methyl sites for hydroxylation is 4. The van der Waals surface area contributed by atoms with E-state index in [4.69, 9.17) is 4.74 Å². The Morgan fingerprint density at radius 3 is 1.06 bits per heavy atom. The van der Waals surface area contributed by atoms with Crippen molar-refractivity contribution in [1.82, 2.24) is 0 Å². The third kappa shape index (κ3) is 13.7. The van der Waals surface area contributed by atoms with Crippen LogP contribution in [-0.4, -0.2) is 6.47 Å². The van der Waals surface area contributed by atoms with Gasteiger partial charge in [-0.25, -0.2) is 0 Å². The summed E-state index contributed by atoms with van der Waals surface area (Å²) in [7, 11) is 0. The van der Waals surface area contributed by atoms with E-state index in [1.165, 1.54) is 206 Å². The van der Waals surface area contributed by atoms with Gasteiger partial charge in [0.25, 0.3) is 6.47 Å². The van der Waals surface area contributed by atoms with Crippen molar-refractivity contribution in [3.63, 3.8) is 0 Å². The molecule has 2 heterocycles. The highest BCUT2D eigenvalue weighted by atomic mass is 32.1. The second kappa shape index (κ2) is 31.6. The van der Waals surface area contributed by atoms with Crippen LogP contribution in [0.4, 0.5) is 17.1 Å². The number of thiophene rings is 2. The zero-order chi connectivity index (χ0) is 67.3. The van der Waals surface area contributed by atoms with Crippen LogP contribution < -0.4 is 4.90 Å². The van der Waals surface area contributed by atoms with Crippen molar-refractivity contribution < 1.29 is 9.53 Å². The third-order valence-corrected chi connectivity index (χ3v) is 23.2. The van der Waals surface area contributed by atoms with E-state index < -0.39 is 10.8 Å². The molecule has 0 saturated carbocycles. The van der Waals surface area contributed by atoms with Crippen LogP contribution in [0.1, 0.15) is 203 Å². The summed E-state index contributed by atoms with van der Waals surface area (Å²) in [5, 5.41) is 9.79. The molecule has 0 unspecified atom stereocenters. The molecule has 13 rings (SSSR count). The molecule has 0 spiro atoms. The van der Waals surface area contributed by atoms with E-state index in [-0.39, 0.29) is 5.76 Å². The summed E-state index contributed by atoms with van der Waals surface area (Å²) < 4.78 is 5.02. The summed E-state index contributed by atoms with van der Waals surface area (Å²) in [6.07, 6.45) is 25.5. The number of allylic oxidation sites excluding steroid dienone is 1. The minimum absolute atomic E-state index is 0.0436. The molecule has 494 valence electrons. The molecule has 0 N–H and O–H groups in total. The molecule has 4 nitrogen and oxygen atoms in total. The number of hydrogen-bond acceptors (Lipinski definition) is 6. The van der Waals surface area contributed by atoms with E-state index in [0.717, 1.165) is 53.9 Å². The average molecular weight is 1320 g/mol. The summed E-state index contributed by atoms with van der Waals surface area (Å²) in [5.41, 5.74) is 23.6. The topological polar surface area (TPSA) is 53.3 Å². The van der Waals surface area contributed by atoms with Crippen molar-refractivity contribution in [3.05, 3.63) is 309 Å². The number of hydrogen-bond donors (Lipinski definition) is 0. The maximum absolute atomic E-state index is 11.3. The van der Waals surface area contributed by atoms with E-state index in [0.29, 0.717) is 6.47 Å². The first-order valence-corrected chi connectivity index (χ1v) is 38.1. The first kappa shape index (κ1) is 67.4. The fourth-order valence-corrected chi connectivity index (χ4v) is 18.1. The number of para-hydroxylation sites is 2. The van der Waals surface area contributed by atoms with Gasteiger partial charge in [-0.1, -0.05) is 275 Å². The number of anilines is 3. The Bertz CT molecular complexity index is 4360. The summed E-state index contributed by atoms with van der Waals surface area (Å²) in [6.45, 7) is 9.49. The molecule has 0 atom stereocenters. The molecule has 2 aliphatic rings. The Morgan fingerprint density at radius 2 is 0.735 bits per heavy atom. The van der Waals surface area contributed by atoms with Crippen LogP contribution in [0, 0.1) is 11.3 Å². The van der Waals surface area contributed by atoms with E-state index in [9.17, 15) is 10.1 Å². The van der Waals surface area contributed by atoms with E-state index >= 15 is 0 Å². The second-order valence-electron chi connectivity index (χ2n) is 27.2. The molecule has 9 aromatic carbocycles. The van der Waals surface area contributed by atoms with Crippen LogP contribution in [0.3, 0.4) is 0 Å². The van der Waals surface area contributed by atoms with Gasteiger partial charge in [-0.15, -0.1) is 22.7 Å². The number of carbonyl (C=O) groups is 1. The molecule has 6 heteroatoms. The first-order valence-electron chi connectivity index (χ1n) is 36.5. The number of ether oxygens (including phenoxy) is 1. The highest BCUT2D eigenvalue weighted by Gasteiger charge is 2.53. The molecule has 0 amide bonds. The standard InChI is InChI=1S/C92H92N2O2S2/c1-5-9-13-19-27-66-37-49-73(50-38-66)91(74-51-39-67(40-52-74)28-20-14-10-6-2)83-61-82-84(60-81(83)89-85(91)62-87(97-89)71-45-35-70(36-46-71)59-80(64-93)96-65-95)92(75-53-41-68(42-54-75)29-21-15-11-7-3,76-55-43-69(44-56-76)30-22-16-12-8-4)86-63-88(98-90(82)86)72-47-57-79(58-48-72)94(77-31-23-17-24-32-77)78-33-25-18-26-34-78/h17-18,23-26,31-63,65H,5-16,19-22,27-30H2,1-4H3/b80-59-. The number of carbonyl (C=O) groups excluding carboxylic acids is 1. The van der Waals surface area contributed by atoms with Gasteiger partial charge < -0.3 is 9.64 Å². The summed E-state index contributed by atoms with van der Waals surface area (Å²) in [6, 6.07) is 90.9.